The molecule has 0 amide bonds. The normalized spacial score (nSPS) is 11.5. The second-order valence-electron chi connectivity index (χ2n) is 4.97. The van der Waals surface area contributed by atoms with Crippen molar-refractivity contribution in [1.29, 1.82) is 0 Å². The summed E-state index contributed by atoms with van der Waals surface area (Å²) >= 11 is 6.22. The maximum Gasteiger partial charge on any atom is 0.168 e. The van der Waals surface area contributed by atoms with Crippen molar-refractivity contribution in [3.8, 4) is 0 Å². The Hall–Kier alpha value is -2.40. The lowest BCUT2D eigenvalue weighted by Gasteiger charge is -2.06. The van der Waals surface area contributed by atoms with E-state index in [4.69, 9.17) is 11.6 Å². The summed E-state index contributed by atoms with van der Waals surface area (Å²) in [5.74, 6) is 0. The number of benzene rings is 1. The molecule has 0 radical (unpaired) electrons. The molecular weight excluding hydrogens is 286 g/mol. The number of halogens is 1. The molecule has 0 aliphatic heterocycles. The Labute approximate surface area is 125 Å². The van der Waals surface area contributed by atoms with E-state index in [-0.39, 0.29) is 0 Å². The molecule has 104 valence electrons. The van der Waals surface area contributed by atoms with Crippen LogP contribution in [-0.2, 0) is 6.54 Å². The first-order valence-corrected chi connectivity index (χ1v) is 6.99. The molecule has 4 aromatic rings. The van der Waals surface area contributed by atoms with Crippen molar-refractivity contribution in [1.82, 2.24) is 23.9 Å². The summed E-state index contributed by atoms with van der Waals surface area (Å²) in [6, 6.07) is 7.79. The van der Waals surface area contributed by atoms with E-state index in [0.717, 1.165) is 33.1 Å². The van der Waals surface area contributed by atoms with E-state index < -0.39 is 0 Å². The monoisotopic (exact) mass is 297 g/mol. The van der Waals surface area contributed by atoms with Gasteiger partial charge in [-0.05, 0) is 18.6 Å². The Morgan fingerprint density at radius 1 is 1.05 bits per heavy atom. The van der Waals surface area contributed by atoms with Crippen LogP contribution < -0.4 is 0 Å². The van der Waals surface area contributed by atoms with Crippen LogP contribution in [0.3, 0.4) is 0 Å². The van der Waals surface area contributed by atoms with Gasteiger partial charge in [0.05, 0.1) is 12.9 Å². The second kappa shape index (κ2) is 4.56. The number of aromatic nitrogens is 5. The standard InChI is InChI=1S/C15H12ClN5/c1-10-6-17-15-13-14(19-9-21(10)15)20(8-18-13)7-11-4-2-3-5-12(11)16/h2-6,8-9H,7H2,1H3. The van der Waals surface area contributed by atoms with Gasteiger partial charge in [-0.1, -0.05) is 29.8 Å². The number of hydrogen-bond acceptors (Lipinski definition) is 3. The zero-order valence-corrected chi connectivity index (χ0v) is 12.1. The Kier molecular flexibility index (Phi) is 2.68. The molecule has 0 unspecified atom stereocenters. The van der Waals surface area contributed by atoms with Gasteiger partial charge in [-0.2, -0.15) is 0 Å². The number of aryl methyl sites for hydroxylation is 1. The van der Waals surface area contributed by atoms with Gasteiger partial charge in [0.15, 0.2) is 16.8 Å². The van der Waals surface area contributed by atoms with Crippen LogP contribution in [0.4, 0.5) is 0 Å². The minimum Gasteiger partial charge on any atom is -0.311 e. The quantitative estimate of drug-likeness (QED) is 0.571. The van der Waals surface area contributed by atoms with Crippen molar-refractivity contribution < 1.29 is 0 Å². The molecule has 0 aliphatic carbocycles. The molecule has 3 heterocycles. The molecule has 0 spiro atoms. The summed E-state index contributed by atoms with van der Waals surface area (Å²) < 4.78 is 3.93. The third-order valence-corrected chi connectivity index (χ3v) is 3.97. The molecule has 5 nitrogen and oxygen atoms in total. The fraction of sp³-hybridized carbons (Fsp3) is 0.133. The molecule has 0 N–H and O–H groups in total. The lowest BCUT2D eigenvalue weighted by atomic mass is 10.2. The van der Waals surface area contributed by atoms with Crippen molar-refractivity contribution in [3.05, 3.63) is 59.4 Å². The Morgan fingerprint density at radius 3 is 2.76 bits per heavy atom. The number of imidazole rings is 2. The largest absolute Gasteiger partial charge is 0.311 e. The van der Waals surface area contributed by atoms with E-state index in [1.165, 1.54) is 0 Å². The summed E-state index contributed by atoms with van der Waals surface area (Å²) in [6.45, 7) is 2.63. The van der Waals surface area contributed by atoms with Crippen LogP contribution in [0.1, 0.15) is 11.3 Å². The predicted molar refractivity (Wildman–Crippen MR) is 81.6 cm³/mol. The first kappa shape index (κ1) is 12.3. The van der Waals surface area contributed by atoms with Crippen LogP contribution in [0.2, 0.25) is 5.02 Å². The smallest absolute Gasteiger partial charge is 0.168 e. The Bertz CT molecular complexity index is 953. The first-order valence-electron chi connectivity index (χ1n) is 6.61. The minimum absolute atomic E-state index is 0.638. The molecule has 0 saturated heterocycles. The van der Waals surface area contributed by atoms with Gasteiger partial charge in [-0.3, -0.25) is 4.40 Å². The number of hydrogen-bond donors (Lipinski definition) is 0. The second-order valence-corrected chi connectivity index (χ2v) is 5.38. The average molecular weight is 298 g/mol. The van der Waals surface area contributed by atoms with Crippen molar-refractivity contribution in [2.45, 2.75) is 13.5 Å². The summed E-state index contributed by atoms with van der Waals surface area (Å²) in [4.78, 5) is 13.4. The first-order chi connectivity index (χ1) is 10.2. The van der Waals surface area contributed by atoms with Gasteiger partial charge in [0.2, 0.25) is 0 Å². The van der Waals surface area contributed by atoms with Gasteiger partial charge in [0.25, 0.3) is 0 Å². The predicted octanol–water partition coefficient (Wildman–Crippen LogP) is 3.09. The molecule has 0 bridgehead atoms. The summed E-state index contributed by atoms with van der Waals surface area (Å²) in [6.07, 6.45) is 5.39. The van der Waals surface area contributed by atoms with Crippen LogP contribution in [0, 0.1) is 6.92 Å². The maximum absolute atomic E-state index is 6.22. The Balaban J connectivity index is 1.87. The van der Waals surface area contributed by atoms with Crippen LogP contribution in [0.5, 0.6) is 0 Å². The summed E-state index contributed by atoms with van der Waals surface area (Å²) in [5, 5.41) is 0.747. The van der Waals surface area contributed by atoms with E-state index in [0.29, 0.717) is 6.54 Å². The van der Waals surface area contributed by atoms with Gasteiger partial charge in [-0.15, -0.1) is 0 Å². The van der Waals surface area contributed by atoms with Gasteiger partial charge in [0.1, 0.15) is 6.33 Å². The fourth-order valence-corrected chi connectivity index (χ4v) is 2.67. The van der Waals surface area contributed by atoms with Crippen molar-refractivity contribution in [2.24, 2.45) is 0 Å². The molecule has 4 rings (SSSR count). The highest BCUT2D eigenvalue weighted by Crippen LogP contribution is 2.20. The zero-order valence-electron chi connectivity index (χ0n) is 11.4. The molecule has 6 heteroatoms. The van der Waals surface area contributed by atoms with Gasteiger partial charge in [-0.25, -0.2) is 15.0 Å². The van der Waals surface area contributed by atoms with E-state index in [2.05, 4.69) is 15.0 Å². The highest BCUT2D eigenvalue weighted by Gasteiger charge is 2.11. The molecule has 1 aromatic carbocycles. The lowest BCUT2D eigenvalue weighted by molar-refractivity contribution is 0.812. The van der Waals surface area contributed by atoms with Gasteiger partial charge < -0.3 is 4.57 Å². The van der Waals surface area contributed by atoms with Gasteiger partial charge >= 0.3 is 0 Å². The van der Waals surface area contributed by atoms with E-state index >= 15 is 0 Å². The zero-order chi connectivity index (χ0) is 14.4. The maximum atomic E-state index is 6.22. The fourth-order valence-electron chi connectivity index (χ4n) is 2.47. The lowest BCUT2D eigenvalue weighted by Crippen LogP contribution is -2.01. The SMILES string of the molecule is Cc1cnc2c3ncn(Cc4ccccc4Cl)c3ncn12. The average Bonchev–Trinajstić information content (AvgIpc) is 3.06. The number of nitrogens with zero attached hydrogens (tertiary/aromatic N) is 5. The van der Waals surface area contributed by atoms with Gasteiger partial charge in [0, 0.05) is 16.9 Å². The van der Waals surface area contributed by atoms with Crippen LogP contribution in [0.15, 0.2) is 43.1 Å². The topological polar surface area (TPSA) is 48.0 Å². The number of fused-ring (bicyclic) bond motifs is 3. The molecule has 0 atom stereocenters. The third-order valence-electron chi connectivity index (χ3n) is 3.60. The highest BCUT2D eigenvalue weighted by molar-refractivity contribution is 6.31. The number of rotatable bonds is 2. The molecule has 21 heavy (non-hydrogen) atoms. The van der Waals surface area contributed by atoms with E-state index in [9.17, 15) is 0 Å². The highest BCUT2D eigenvalue weighted by atomic mass is 35.5. The molecular formula is C15H12ClN5. The summed E-state index contributed by atoms with van der Waals surface area (Å²) in [5.41, 5.74) is 4.53. The molecule has 0 fully saturated rings. The molecule has 3 aromatic heterocycles. The molecule has 0 saturated carbocycles. The van der Waals surface area contributed by atoms with Crippen molar-refractivity contribution >= 4 is 28.4 Å². The van der Waals surface area contributed by atoms with Crippen LogP contribution in [-0.4, -0.2) is 23.9 Å². The minimum atomic E-state index is 0.638. The van der Waals surface area contributed by atoms with E-state index in [1.807, 2.05) is 46.4 Å². The van der Waals surface area contributed by atoms with Crippen LogP contribution in [0.25, 0.3) is 16.8 Å². The summed E-state index contributed by atoms with van der Waals surface area (Å²) in [7, 11) is 0. The Morgan fingerprint density at radius 2 is 1.90 bits per heavy atom. The van der Waals surface area contributed by atoms with Crippen LogP contribution >= 0.6 is 11.6 Å². The third kappa shape index (κ3) is 1.89. The van der Waals surface area contributed by atoms with Crippen molar-refractivity contribution in [2.75, 3.05) is 0 Å². The molecule has 0 aliphatic rings. The van der Waals surface area contributed by atoms with Crippen molar-refractivity contribution in [3.63, 3.8) is 0 Å². The van der Waals surface area contributed by atoms with E-state index in [1.54, 1.807) is 12.7 Å².